The second kappa shape index (κ2) is 8.49. The second-order valence-corrected chi connectivity index (χ2v) is 9.57. The summed E-state index contributed by atoms with van der Waals surface area (Å²) < 4.78 is 22.9. The van der Waals surface area contributed by atoms with Crippen LogP contribution in [0, 0.1) is 5.92 Å². The molecule has 2 unspecified atom stereocenters. The number of aliphatic imine (C=N–C) groups is 1. The zero-order chi connectivity index (χ0) is 17.7. The maximum Gasteiger partial charge on any atom is 0.191 e. The topological polar surface area (TPSA) is 77.0 Å². The average molecular weight is 360 g/mol. The van der Waals surface area contributed by atoms with Crippen molar-refractivity contribution in [3.8, 4) is 0 Å². The van der Waals surface area contributed by atoms with Crippen LogP contribution >= 0.6 is 0 Å². The zero-order valence-electron chi connectivity index (χ0n) is 15.5. The number of hydrogen-bond acceptors (Lipinski definition) is 5. The molecule has 2 fully saturated rings. The lowest BCUT2D eigenvalue weighted by molar-refractivity contribution is 0.265. The molecule has 2 atom stereocenters. The molecule has 2 heterocycles. The first-order chi connectivity index (χ1) is 11.3. The van der Waals surface area contributed by atoms with Gasteiger partial charge in [-0.1, -0.05) is 6.92 Å². The van der Waals surface area contributed by atoms with Crippen LogP contribution in [0.2, 0.25) is 0 Å². The Kier molecular flexibility index (Phi) is 6.88. The number of sulfone groups is 1. The van der Waals surface area contributed by atoms with Crippen molar-refractivity contribution in [3.05, 3.63) is 0 Å². The Morgan fingerprint density at radius 2 is 1.92 bits per heavy atom. The molecular weight excluding hydrogens is 326 g/mol. The summed E-state index contributed by atoms with van der Waals surface area (Å²) in [5.74, 6) is 2.00. The fraction of sp³-hybridized carbons (Fsp3) is 0.938. The van der Waals surface area contributed by atoms with Crippen molar-refractivity contribution in [1.29, 1.82) is 0 Å². The molecule has 0 aromatic rings. The molecule has 140 valence electrons. The lowest BCUT2D eigenvalue weighted by Crippen LogP contribution is -2.49. The fourth-order valence-corrected chi connectivity index (χ4v) is 4.57. The van der Waals surface area contributed by atoms with Crippen LogP contribution in [0.3, 0.4) is 0 Å². The van der Waals surface area contributed by atoms with E-state index in [1.807, 2.05) is 0 Å². The Labute approximate surface area is 146 Å². The highest BCUT2D eigenvalue weighted by Gasteiger charge is 2.31. The van der Waals surface area contributed by atoms with Gasteiger partial charge in [0.15, 0.2) is 15.8 Å². The van der Waals surface area contributed by atoms with E-state index in [0.29, 0.717) is 31.1 Å². The van der Waals surface area contributed by atoms with Gasteiger partial charge in [0.1, 0.15) is 0 Å². The summed E-state index contributed by atoms with van der Waals surface area (Å²) in [6, 6.07) is 0.989. The van der Waals surface area contributed by atoms with Crippen molar-refractivity contribution in [2.24, 2.45) is 10.9 Å². The molecule has 0 amide bonds. The number of guanidine groups is 1. The molecule has 0 saturated carbocycles. The van der Waals surface area contributed by atoms with Gasteiger partial charge < -0.3 is 10.6 Å². The number of rotatable bonds is 5. The van der Waals surface area contributed by atoms with Gasteiger partial charge in [0, 0.05) is 58.4 Å². The summed E-state index contributed by atoms with van der Waals surface area (Å²) in [4.78, 5) is 9.01. The SMILES string of the molecule is CN=C(NCCN1CCS(=O)(=O)CC1)NC1CN(C(C)C)CC1C. The van der Waals surface area contributed by atoms with E-state index in [-0.39, 0.29) is 11.5 Å². The van der Waals surface area contributed by atoms with Crippen molar-refractivity contribution in [3.63, 3.8) is 0 Å². The van der Waals surface area contributed by atoms with Gasteiger partial charge in [-0.05, 0) is 19.8 Å². The monoisotopic (exact) mass is 359 g/mol. The van der Waals surface area contributed by atoms with E-state index in [1.165, 1.54) is 0 Å². The van der Waals surface area contributed by atoms with E-state index in [0.717, 1.165) is 32.1 Å². The van der Waals surface area contributed by atoms with Crippen molar-refractivity contribution in [1.82, 2.24) is 20.4 Å². The van der Waals surface area contributed by atoms with Crippen molar-refractivity contribution in [2.45, 2.75) is 32.9 Å². The predicted octanol–water partition coefficient (Wildman–Crippen LogP) is -0.389. The van der Waals surface area contributed by atoms with Gasteiger partial charge in [-0.3, -0.25) is 14.8 Å². The molecule has 2 N–H and O–H groups in total. The van der Waals surface area contributed by atoms with E-state index in [2.05, 4.69) is 46.2 Å². The molecule has 0 bridgehead atoms. The Bertz CT molecular complexity index is 521. The number of nitrogens with zero attached hydrogens (tertiary/aromatic N) is 3. The highest BCUT2D eigenvalue weighted by molar-refractivity contribution is 7.91. The minimum absolute atomic E-state index is 0.282. The van der Waals surface area contributed by atoms with E-state index in [9.17, 15) is 8.42 Å². The molecule has 2 saturated heterocycles. The van der Waals surface area contributed by atoms with Crippen LogP contribution in [0.15, 0.2) is 4.99 Å². The van der Waals surface area contributed by atoms with E-state index in [4.69, 9.17) is 0 Å². The van der Waals surface area contributed by atoms with Crippen LogP contribution in [0.25, 0.3) is 0 Å². The zero-order valence-corrected chi connectivity index (χ0v) is 16.3. The molecule has 0 spiro atoms. The molecular formula is C16H33N5O2S. The van der Waals surface area contributed by atoms with Crippen LogP contribution in [0.5, 0.6) is 0 Å². The minimum Gasteiger partial charge on any atom is -0.355 e. The van der Waals surface area contributed by atoms with Gasteiger partial charge in [0.05, 0.1) is 11.5 Å². The maximum absolute atomic E-state index is 11.4. The largest absolute Gasteiger partial charge is 0.355 e. The predicted molar refractivity (Wildman–Crippen MR) is 99.3 cm³/mol. The van der Waals surface area contributed by atoms with Gasteiger partial charge in [-0.25, -0.2) is 8.42 Å². The molecule has 0 aliphatic carbocycles. The van der Waals surface area contributed by atoms with Gasteiger partial charge in [-0.2, -0.15) is 0 Å². The van der Waals surface area contributed by atoms with Gasteiger partial charge in [0.2, 0.25) is 0 Å². The summed E-state index contributed by atoms with van der Waals surface area (Å²) in [5.41, 5.74) is 0. The lowest BCUT2D eigenvalue weighted by Gasteiger charge is -2.27. The minimum atomic E-state index is -2.80. The first-order valence-electron chi connectivity index (χ1n) is 8.94. The van der Waals surface area contributed by atoms with E-state index < -0.39 is 9.84 Å². The maximum atomic E-state index is 11.4. The third-order valence-electron chi connectivity index (χ3n) is 5.07. The first-order valence-corrected chi connectivity index (χ1v) is 10.8. The average Bonchev–Trinajstić information content (AvgIpc) is 2.89. The standard InChI is InChI=1S/C16H33N5O2S/c1-13(2)21-11-14(3)15(12-21)19-16(17-4)18-5-6-20-7-9-24(22,23)10-8-20/h13-15H,5-12H2,1-4H3,(H2,17,18,19). The van der Waals surface area contributed by atoms with Gasteiger partial charge in [0.25, 0.3) is 0 Å². The smallest absolute Gasteiger partial charge is 0.191 e. The van der Waals surface area contributed by atoms with Crippen molar-refractivity contribution in [2.75, 3.05) is 57.8 Å². The van der Waals surface area contributed by atoms with E-state index >= 15 is 0 Å². The van der Waals surface area contributed by atoms with Crippen molar-refractivity contribution < 1.29 is 8.42 Å². The quantitative estimate of drug-likeness (QED) is 0.514. The number of likely N-dealkylation sites (tertiary alicyclic amines) is 1. The Morgan fingerprint density at radius 1 is 1.25 bits per heavy atom. The third kappa shape index (κ3) is 5.60. The Balaban J connectivity index is 1.71. The highest BCUT2D eigenvalue weighted by Crippen LogP contribution is 2.18. The molecule has 2 aliphatic rings. The van der Waals surface area contributed by atoms with E-state index in [1.54, 1.807) is 7.05 Å². The lowest BCUT2D eigenvalue weighted by atomic mass is 10.1. The highest BCUT2D eigenvalue weighted by atomic mass is 32.2. The van der Waals surface area contributed by atoms with Crippen LogP contribution in [-0.4, -0.2) is 94.1 Å². The first kappa shape index (κ1) is 19.5. The van der Waals surface area contributed by atoms with Crippen molar-refractivity contribution >= 4 is 15.8 Å². The summed E-state index contributed by atoms with van der Waals surface area (Å²) in [6.07, 6.45) is 0. The molecule has 7 nitrogen and oxygen atoms in total. The fourth-order valence-electron chi connectivity index (χ4n) is 3.29. The second-order valence-electron chi connectivity index (χ2n) is 7.27. The summed E-state index contributed by atoms with van der Waals surface area (Å²) in [6.45, 7) is 11.8. The number of hydrogen-bond donors (Lipinski definition) is 2. The van der Waals surface area contributed by atoms with Gasteiger partial charge >= 0.3 is 0 Å². The molecule has 0 aromatic heterocycles. The molecule has 2 aliphatic heterocycles. The van der Waals surface area contributed by atoms with Crippen LogP contribution in [-0.2, 0) is 9.84 Å². The molecule has 2 rings (SSSR count). The summed E-state index contributed by atoms with van der Waals surface area (Å²) in [7, 11) is -1.00. The molecule has 8 heteroatoms. The summed E-state index contributed by atoms with van der Waals surface area (Å²) in [5, 5.41) is 6.89. The Morgan fingerprint density at radius 3 is 2.46 bits per heavy atom. The Hall–Kier alpha value is -0.860. The normalized spacial score (nSPS) is 29.1. The number of nitrogens with one attached hydrogen (secondary N) is 2. The summed E-state index contributed by atoms with van der Waals surface area (Å²) >= 11 is 0. The van der Waals surface area contributed by atoms with Crippen LogP contribution < -0.4 is 10.6 Å². The molecule has 0 radical (unpaired) electrons. The van der Waals surface area contributed by atoms with Gasteiger partial charge in [-0.15, -0.1) is 0 Å². The van der Waals surface area contributed by atoms with Crippen LogP contribution in [0.1, 0.15) is 20.8 Å². The molecule has 24 heavy (non-hydrogen) atoms. The molecule has 0 aromatic carbocycles. The third-order valence-corrected chi connectivity index (χ3v) is 6.68. The van der Waals surface area contributed by atoms with Crippen LogP contribution in [0.4, 0.5) is 0 Å².